The molecule has 26 heavy (non-hydrogen) atoms. The summed E-state index contributed by atoms with van der Waals surface area (Å²) in [5.41, 5.74) is -6.27. The molecular formula is C13H6F7N3O3. The third kappa shape index (κ3) is 3.19. The number of carboxylic acid groups (broad SMARTS) is 1. The number of hydrogen-bond acceptors (Lipinski definition) is 3. The zero-order valence-corrected chi connectivity index (χ0v) is 12.4. The first kappa shape index (κ1) is 19.2. The molecule has 140 valence electrons. The lowest BCUT2D eigenvalue weighted by Crippen LogP contribution is -2.21. The number of rotatable bonds is 3. The fraction of sp³-hybridized carbons (Fsp3) is 0.154. The third-order valence-electron chi connectivity index (χ3n) is 3.06. The fourth-order valence-corrected chi connectivity index (χ4v) is 1.98. The molecule has 6 nitrogen and oxygen atoms in total. The van der Waals surface area contributed by atoms with Gasteiger partial charge < -0.3 is 10.4 Å². The number of aromatic carboxylic acids is 1. The molecule has 0 atom stereocenters. The van der Waals surface area contributed by atoms with Gasteiger partial charge in [-0.15, -0.1) is 0 Å². The lowest BCUT2D eigenvalue weighted by Gasteiger charge is -2.14. The molecule has 2 rings (SSSR count). The largest absolute Gasteiger partial charge is 0.476 e. The van der Waals surface area contributed by atoms with Crippen molar-refractivity contribution in [2.75, 3.05) is 5.32 Å². The van der Waals surface area contributed by atoms with Crippen LogP contribution in [0.3, 0.4) is 0 Å². The number of nitrogens with one attached hydrogen (secondary N) is 1. The maximum atomic E-state index is 13.7. The Bertz CT molecular complexity index is 892. The van der Waals surface area contributed by atoms with Crippen molar-refractivity contribution in [2.24, 2.45) is 7.05 Å². The number of alkyl halides is 3. The Balaban J connectivity index is 2.55. The van der Waals surface area contributed by atoms with E-state index in [1.54, 1.807) is 0 Å². The molecule has 0 bridgehead atoms. The van der Waals surface area contributed by atoms with E-state index in [1.807, 2.05) is 0 Å². The van der Waals surface area contributed by atoms with Crippen molar-refractivity contribution in [3.63, 3.8) is 0 Å². The first-order valence-corrected chi connectivity index (χ1v) is 6.37. The van der Waals surface area contributed by atoms with Gasteiger partial charge in [0.15, 0.2) is 29.0 Å². The van der Waals surface area contributed by atoms with E-state index < -0.39 is 63.8 Å². The van der Waals surface area contributed by atoms with Gasteiger partial charge in [0.05, 0.1) is 5.56 Å². The van der Waals surface area contributed by atoms with Crippen LogP contribution < -0.4 is 5.32 Å². The minimum atomic E-state index is -5.74. The Morgan fingerprint density at radius 1 is 1.08 bits per heavy atom. The van der Waals surface area contributed by atoms with Gasteiger partial charge in [-0.1, -0.05) is 0 Å². The van der Waals surface area contributed by atoms with Crippen molar-refractivity contribution in [2.45, 2.75) is 6.18 Å². The van der Waals surface area contributed by atoms with Gasteiger partial charge in [-0.3, -0.25) is 9.48 Å². The van der Waals surface area contributed by atoms with Gasteiger partial charge in [-0.05, 0) is 0 Å². The molecule has 1 amide bonds. The number of carbonyl (C=O) groups excluding carboxylic acids is 1. The molecule has 0 radical (unpaired) electrons. The molecule has 13 heteroatoms. The fourth-order valence-electron chi connectivity index (χ4n) is 1.98. The van der Waals surface area contributed by atoms with Gasteiger partial charge in [-0.25, -0.2) is 22.4 Å². The molecule has 0 aliphatic heterocycles. The lowest BCUT2D eigenvalue weighted by atomic mass is 10.1. The summed E-state index contributed by atoms with van der Waals surface area (Å²) in [6.07, 6.45) is -4.93. The Hall–Kier alpha value is -3.12. The summed E-state index contributed by atoms with van der Waals surface area (Å²) < 4.78 is 92.8. The highest BCUT2D eigenvalue weighted by atomic mass is 19.4. The topological polar surface area (TPSA) is 84.2 Å². The van der Waals surface area contributed by atoms with E-state index >= 15 is 0 Å². The van der Waals surface area contributed by atoms with E-state index in [2.05, 4.69) is 5.10 Å². The second kappa shape index (κ2) is 6.31. The predicted octanol–water partition coefficient (Wildman–Crippen LogP) is 2.95. The molecule has 0 fully saturated rings. The molecule has 0 aliphatic carbocycles. The van der Waals surface area contributed by atoms with Gasteiger partial charge in [0.2, 0.25) is 0 Å². The quantitative estimate of drug-likeness (QED) is 0.629. The summed E-state index contributed by atoms with van der Waals surface area (Å²) in [6.45, 7) is 0. The van der Waals surface area contributed by atoms with E-state index in [0.717, 1.165) is 10.9 Å². The van der Waals surface area contributed by atoms with Crippen molar-refractivity contribution >= 4 is 17.6 Å². The number of nitrogens with zero attached hydrogens (tertiary/aromatic N) is 2. The first-order chi connectivity index (χ1) is 11.9. The zero-order valence-electron chi connectivity index (χ0n) is 12.4. The average Bonchev–Trinajstić information content (AvgIpc) is 2.90. The molecule has 0 unspecified atom stereocenters. The number of carboxylic acids is 1. The van der Waals surface area contributed by atoms with Gasteiger partial charge in [-0.2, -0.15) is 18.3 Å². The van der Waals surface area contributed by atoms with E-state index in [4.69, 9.17) is 5.11 Å². The predicted molar refractivity (Wildman–Crippen MR) is 69.4 cm³/mol. The molecule has 0 saturated heterocycles. The van der Waals surface area contributed by atoms with Crippen molar-refractivity contribution in [3.8, 4) is 0 Å². The monoisotopic (exact) mass is 385 g/mol. The van der Waals surface area contributed by atoms with E-state index in [9.17, 15) is 40.3 Å². The summed E-state index contributed by atoms with van der Waals surface area (Å²) in [4.78, 5) is 22.9. The number of anilines is 1. The molecular weight excluding hydrogens is 379 g/mol. The van der Waals surface area contributed by atoms with Gasteiger partial charge in [0, 0.05) is 13.2 Å². The normalized spacial score (nSPS) is 11.5. The number of carbonyl (C=O) groups is 2. The summed E-state index contributed by atoms with van der Waals surface area (Å²) in [6, 6.07) is 0. The average molecular weight is 385 g/mol. The minimum Gasteiger partial charge on any atom is -0.476 e. The number of halogens is 7. The highest BCUT2D eigenvalue weighted by molar-refractivity contribution is 6.09. The van der Waals surface area contributed by atoms with Gasteiger partial charge in [0.25, 0.3) is 5.91 Å². The molecule has 1 aromatic carbocycles. The molecule has 0 spiro atoms. The second-order valence-electron chi connectivity index (χ2n) is 4.83. The van der Waals surface area contributed by atoms with Crippen LogP contribution in [0.4, 0.5) is 36.4 Å². The summed E-state index contributed by atoms with van der Waals surface area (Å²) >= 11 is 0. The van der Waals surface area contributed by atoms with Crippen molar-refractivity contribution in [1.82, 2.24) is 9.78 Å². The van der Waals surface area contributed by atoms with Crippen LogP contribution in [0.25, 0.3) is 0 Å². The van der Waals surface area contributed by atoms with Gasteiger partial charge >= 0.3 is 12.1 Å². The molecule has 1 heterocycles. The van der Waals surface area contributed by atoms with Crippen LogP contribution in [-0.2, 0) is 13.2 Å². The highest BCUT2D eigenvalue weighted by Crippen LogP contribution is 2.38. The van der Waals surface area contributed by atoms with E-state index in [-0.39, 0.29) is 0 Å². The van der Waals surface area contributed by atoms with Crippen LogP contribution in [0.5, 0.6) is 0 Å². The number of aryl methyl sites for hydroxylation is 1. The van der Waals surface area contributed by atoms with E-state index in [0.29, 0.717) is 0 Å². The molecule has 0 saturated carbocycles. The lowest BCUT2D eigenvalue weighted by molar-refractivity contribution is -0.143. The standard InChI is InChI=1S/C13H6F7N3O3/c1-23-2-3(9(22-23)12(25)26)11(24)21-10-7(16)5(14)4(13(18,19)20)6(15)8(10)17/h2H,1H3,(H,21,24)(H,25,26). The molecule has 0 aliphatic rings. The van der Waals surface area contributed by atoms with Crippen molar-refractivity contribution in [3.05, 3.63) is 46.3 Å². The van der Waals surface area contributed by atoms with Crippen LogP contribution in [0.1, 0.15) is 26.4 Å². The molecule has 1 aromatic heterocycles. The van der Waals surface area contributed by atoms with Crippen LogP contribution in [0.2, 0.25) is 0 Å². The number of benzene rings is 1. The Morgan fingerprint density at radius 3 is 2.00 bits per heavy atom. The number of hydrogen-bond donors (Lipinski definition) is 2. The zero-order chi connectivity index (χ0) is 20.0. The van der Waals surface area contributed by atoms with Crippen molar-refractivity contribution in [1.29, 1.82) is 0 Å². The first-order valence-electron chi connectivity index (χ1n) is 6.37. The van der Waals surface area contributed by atoms with Crippen LogP contribution >= 0.6 is 0 Å². The maximum Gasteiger partial charge on any atom is 0.422 e. The third-order valence-corrected chi connectivity index (χ3v) is 3.06. The summed E-state index contributed by atoms with van der Waals surface area (Å²) in [7, 11) is 1.20. The maximum absolute atomic E-state index is 13.7. The number of amides is 1. The van der Waals surface area contributed by atoms with Gasteiger partial charge in [0.1, 0.15) is 11.3 Å². The Kier molecular flexibility index (Phi) is 4.66. The highest BCUT2D eigenvalue weighted by Gasteiger charge is 2.42. The Labute approximate surface area is 138 Å². The number of aromatic nitrogens is 2. The minimum absolute atomic E-state index is 0.750. The van der Waals surface area contributed by atoms with Crippen LogP contribution in [0.15, 0.2) is 6.20 Å². The molecule has 2 aromatic rings. The second-order valence-corrected chi connectivity index (χ2v) is 4.83. The van der Waals surface area contributed by atoms with E-state index in [1.165, 1.54) is 12.4 Å². The summed E-state index contributed by atoms with van der Waals surface area (Å²) in [5.74, 6) is -13.8. The molecule has 2 N–H and O–H groups in total. The SMILES string of the molecule is Cn1cc(C(=O)Nc2c(F)c(F)c(C(F)(F)F)c(F)c2F)c(C(=O)O)n1. The smallest absolute Gasteiger partial charge is 0.422 e. The Morgan fingerprint density at radius 2 is 1.58 bits per heavy atom. The van der Waals surface area contributed by atoms with Crippen LogP contribution in [-0.4, -0.2) is 26.8 Å². The summed E-state index contributed by atoms with van der Waals surface area (Å²) in [5, 5.41) is 13.6. The van der Waals surface area contributed by atoms with Crippen molar-refractivity contribution < 1.29 is 45.4 Å². The van der Waals surface area contributed by atoms with Crippen LogP contribution in [0, 0.1) is 23.3 Å².